The standard InChI is InChI=1S/C11H19N3O6/c15-7-8(11(19)12-5-10(17)18)13-9(16)6-14-1-3-20-4-2-14/h8,15H,1-7H2,(H,12,19)(H,13,16)(H,17,18). The smallest absolute Gasteiger partial charge is 0.322 e. The Labute approximate surface area is 115 Å². The molecular weight excluding hydrogens is 270 g/mol. The summed E-state index contributed by atoms with van der Waals surface area (Å²) < 4.78 is 5.14. The molecule has 1 rings (SSSR count). The molecule has 0 aliphatic carbocycles. The second-order valence-electron chi connectivity index (χ2n) is 4.30. The lowest BCUT2D eigenvalue weighted by Gasteiger charge is -2.26. The number of carbonyl (C=O) groups excluding carboxylic acids is 2. The van der Waals surface area contributed by atoms with E-state index in [1.165, 1.54) is 0 Å². The van der Waals surface area contributed by atoms with Crippen LogP contribution in [0.2, 0.25) is 0 Å². The van der Waals surface area contributed by atoms with E-state index in [9.17, 15) is 14.4 Å². The van der Waals surface area contributed by atoms with Crippen LogP contribution in [-0.2, 0) is 19.1 Å². The maximum absolute atomic E-state index is 11.7. The first-order chi connectivity index (χ1) is 9.52. The van der Waals surface area contributed by atoms with Gasteiger partial charge in [0, 0.05) is 13.1 Å². The molecule has 0 aromatic heterocycles. The quantitative estimate of drug-likeness (QED) is 0.393. The average Bonchev–Trinajstić information content (AvgIpc) is 2.43. The van der Waals surface area contributed by atoms with E-state index in [1.807, 2.05) is 4.90 Å². The number of morpholine rings is 1. The van der Waals surface area contributed by atoms with Crippen molar-refractivity contribution in [1.29, 1.82) is 0 Å². The van der Waals surface area contributed by atoms with Gasteiger partial charge in [0.25, 0.3) is 0 Å². The minimum Gasteiger partial charge on any atom is -0.480 e. The van der Waals surface area contributed by atoms with Crippen LogP contribution in [0.4, 0.5) is 0 Å². The van der Waals surface area contributed by atoms with Gasteiger partial charge < -0.3 is 25.6 Å². The van der Waals surface area contributed by atoms with Crippen molar-refractivity contribution in [1.82, 2.24) is 15.5 Å². The lowest BCUT2D eigenvalue weighted by molar-refractivity contribution is -0.138. The number of aliphatic hydroxyl groups excluding tert-OH is 1. The van der Waals surface area contributed by atoms with Gasteiger partial charge >= 0.3 is 5.97 Å². The monoisotopic (exact) mass is 289 g/mol. The molecule has 1 fully saturated rings. The molecule has 1 atom stereocenters. The molecule has 4 N–H and O–H groups in total. The summed E-state index contributed by atoms with van der Waals surface area (Å²) in [6.07, 6.45) is 0. The Hall–Kier alpha value is -1.71. The summed E-state index contributed by atoms with van der Waals surface area (Å²) in [5.74, 6) is -2.34. The molecule has 2 amide bonds. The summed E-state index contributed by atoms with van der Waals surface area (Å²) in [6.45, 7) is 1.30. The molecule has 9 nitrogen and oxygen atoms in total. The van der Waals surface area contributed by atoms with Crippen LogP contribution < -0.4 is 10.6 Å². The predicted molar refractivity (Wildman–Crippen MR) is 66.9 cm³/mol. The average molecular weight is 289 g/mol. The number of amides is 2. The second kappa shape index (κ2) is 8.46. The number of aliphatic carboxylic acids is 1. The lowest BCUT2D eigenvalue weighted by Crippen LogP contribution is -2.52. The van der Waals surface area contributed by atoms with Crippen molar-refractivity contribution in [3.8, 4) is 0 Å². The SMILES string of the molecule is O=C(O)CNC(=O)C(CO)NC(=O)CN1CCOCC1. The van der Waals surface area contributed by atoms with E-state index in [2.05, 4.69) is 10.6 Å². The van der Waals surface area contributed by atoms with Crippen molar-refractivity contribution in [2.75, 3.05) is 46.0 Å². The van der Waals surface area contributed by atoms with Crippen molar-refractivity contribution < 1.29 is 29.3 Å². The molecule has 1 heterocycles. The van der Waals surface area contributed by atoms with Crippen molar-refractivity contribution in [2.45, 2.75) is 6.04 Å². The fourth-order valence-electron chi connectivity index (χ4n) is 1.68. The number of carbonyl (C=O) groups is 3. The van der Waals surface area contributed by atoms with E-state index in [0.29, 0.717) is 26.3 Å². The third kappa shape index (κ3) is 5.95. The third-order valence-corrected chi connectivity index (χ3v) is 2.72. The van der Waals surface area contributed by atoms with Crippen molar-refractivity contribution in [3.05, 3.63) is 0 Å². The summed E-state index contributed by atoms with van der Waals surface area (Å²) in [6, 6.07) is -1.15. The number of carboxylic acid groups (broad SMARTS) is 1. The molecule has 1 aliphatic rings. The van der Waals surface area contributed by atoms with E-state index in [4.69, 9.17) is 14.9 Å². The summed E-state index contributed by atoms with van der Waals surface area (Å²) in [4.78, 5) is 35.4. The summed E-state index contributed by atoms with van der Waals surface area (Å²) in [7, 11) is 0. The van der Waals surface area contributed by atoms with Crippen molar-refractivity contribution in [3.63, 3.8) is 0 Å². The van der Waals surface area contributed by atoms with Crippen LogP contribution in [-0.4, -0.2) is 84.9 Å². The molecule has 0 bridgehead atoms. The van der Waals surface area contributed by atoms with Crippen LogP contribution in [0, 0.1) is 0 Å². The molecule has 0 aromatic rings. The van der Waals surface area contributed by atoms with Crippen LogP contribution in [0.3, 0.4) is 0 Å². The zero-order valence-electron chi connectivity index (χ0n) is 11.0. The summed E-state index contributed by atoms with van der Waals surface area (Å²) in [5, 5.41) is 21.9. The molecule has 20 heavy (non-hydrogen) atoms. The van der Waals surface area contributed by atoms with E-state index >= 15 is 0 Å². The Morgan fingerprint density at radius 1 is 1.25 bits per heavy atom. The van der Waals surface area contributed by atoms with Crippen molar-refractivity contribution >= 4 is 17.8 Å². The first kappa shape index (κ1) is 16.3. The first-order valence-corrected chi connectivity index (χ1v) is 6.22. The van der Waals surface area contributed by atoms with Gasteiger partial charge in [-0.2, -0.15) is 0 Å². The highest BCUT2D eigenvalue weighted by molar-refractivity contribution is 5.90. The van der Waals surface area contributed by atoms with E-state index in [-0.39, 0.29) is 6.54 Å². The summed E-state index contributed by atoms with van der Waals surface area (Å²) >= 11 is 0. The van der Waals surface area contributed by atoms with Crippen LogP contribution in [0.25, 0.3) is 0 Å². The number of hydrogen-bond donors (Lipinski definition) is 4. The Bertz CT molecular complexity index is 356. The fourth-order valence-corrected chi connectivity index (χ4v) is 1.68. The molecule has 9 heteroatoms. The number of nitrogens with one attached hydrogen (secondary N) is 2. The molecule has 1 unspecified atom stereocenters. The molecule has 114 valence electrons. The lowest BCUT2D eigenvalue weighted by atomic mass is 10.2. The number of nitrogens with zero attached hydrogens (tertiary/aromatic N) is 1. The topological polar surface area (TPSA) is 128 Å². The van der Waals surface area contributed by atoms with Gasteiger partial charge in [-0.25, -0.2) is 0 Å². The van der Waals surface area contributed by atoms with E-state index < -0.39 is 37.0 Å². The molecule has 0 saturated carbocycles. The van der Waals surface area contributed by atoms with Gasteiger partial charge in [-0.1, -0.05) is 0 Å². The zero-order chi connectivity index (χ0) is 15.0. The maximum Gasteiger partial charge on any atom is 0.322 e. The van der Waals surface area contributed by atoms with E-state index in [0.717, 1.165) is 0 Å². The Kier molecular flexibility index (Phi) is 6.91. The molecule has 0 radical (unpaired) electrons. The minimum absolute atomic E-state index is 0.103. The number of carboxylic acids is 1. The molecule has 0 spiro atoms. The van der Waals surface area contributed by atoms with Crippen molar-refractivity contribution in [2.24, 2.45) is 0 Å². The van der Waals surface area contributed by atoms with Gasteiger partial charge in [-0.05, 0) is 0 Å². The largest absolute Gasteiger partial charge is 0.480 e. The Morgan fingerprint density at radius 2 is 1.90 bits per heavy atom. The normalized spacial score (nSPS) is 17.2. The number of hydrogen-bond acceptors (Lipinski definition) is 6. The molecular formula is C11H19N3O6. The zero-order valence-corrected chi connectivity index (χ0v) is 11.0. The van der Waals surface area contributed by atoms with Crippen LogP contribution >= 0.6 is 0 Å². The number of aliphatic hydroxyl groups is 1. The summed E-state index contributed by atoms with van der Waals surface area (Å²) in [5.41, 5.74) is 0. The van der Waals surface area contributed by atoms with Crippen LogP contribution in [0.15, 0.2) is 0 Å². The number of rotatable bonds is 7. The second-order valence-corrected chi connectivity index (χ2v) is 4.30. The Balaban J connectivity index is 2.35. The van der Waals surface area contributed by atoms with Gasteiger partial charge in [-0.3, -0.25) is 19.3 Å². The highest BCUT2D eigenvalue weighted by Crippen LogP contribution is 1.96. The molecule has 1 saturated heterocycles. The minimum atomic E-state index is -1.20. The first-order valence-electron chi connectivity index (χ1n) is 6.22. The Morgan fingerprint density at radius 3 is 2.45 bits per heavy atom. The molecule has 1 aliphatic heterocycles. The van der Waals surface area contributed by atoms with Crippen LogP contribution in [0.1, 0.15) is 0 Å². The highest BCUT2D eigenvalue weighted by Gasteiger charge is 2.22. The number of ether oxygens (including phenoxy) is 1. The third-order valence-electron chi connectivity index (χ3n) is 2.72. The van der Waals surface area contributed by atoms with Crippen LogP contribution in [0.5, 0.6) is 0 Å². The highest BCUT2D eigenvalue weighted by atomic mass is 16.5. The van der Waals surface area contributed by atoms with Gasteiger partial charge in [0.15, 0.2) is 0 Å². The van der Waals surface area contributed by atoms with E-state index in [1.54, 1.807) is 0 Å². The predicted octanol–water partition coefficient (Wildman–Crippen LogP) is -3.00. The maximum atomic E-state index is 11.7. The van der Waals surface area contributed by atoms with Gasteiger partial charge in [0.2, 0.25) is 11.8 Å². The molecule has 0 aromatic carbocycles. The van der Waals surface area contributed by atoms with Gasteiger partial charge in [-0.15, -0.1) is 0 Å². The fraction of sp³-hybridized carbons (Fsp3) is 0.727. The van der Waals surface area contributed by atoms with Gasteiger partial charge in [0.05, 0.1) is 26.4 Å². The van der Waals surface area contributed by atoms with Gasteiger partial charge in [0.1, 0.15) is 12.6 Å².